The van der Waals surface area contributed by atoms with Crippen LogP contribution in [0.3, 0.4) is 0 Å². The molecular formula is C25H30N+. The smallest absolute Gasteiger partial charge is 0.194 e. The fraction of sp³-hybridized carbons (Fsp3) is 0.400. The highest BCUT2D eigenvalue weighted by Crippen LogP contribution is 2.30. The number of benzene rings is 2. The van der Waals surface area contributed by atoms with Gasteiger partial charge < -0.3 is 0 Å². The van der Waals surface area contributed by atoms with Gasteiger partial charge in [0.2, 0.25) is 11.2 Å². The molecule has 0 spiro atoms. The van der Waals surface area contributed by atoms with Crippen molar-refractivity contribution in [3.8, 4) is 11.3 Å². The summed E-state index contributed by atoms with van der Waals surface area (Å²) in [5, 5.41) is 1.36. The molecule has 2 aromatic carbocycles. The zero-order valence-electron chi connectivity index (χ0n) is 16.6. The fourth-order valence-electron chi connectivity index (χ4n) is 4.70. The van der Waals surface area contributed by atoms with Crippen LogP contribution in [0.15, 0.2) is 42.5 Å². The summed E-state index contributed by atoms with van der Waals surface area (Å²) in [5.74, 6) is 0.901. The molecule has 0 bridgehead atoms. The molecule has 1 fully saturated rings. The highest BCUT2D eigenvalue weighted by molar-refractivity contribution is 5.79. The van der Waals surface area contributed by atoms with Crippen LogP contribution in [-0.2, 0) is 13.5 Å². The van der Waals surface area contributed by atoms with Crippen LogP contribution in [0.1, 0.15) is 47.9 Å². The Morgan fingerprint density at radius 2 is 1.69 bits per heavy atom. The van der Waals surface area contributed by atoms with Gasteiger partial charge in [-0.25, -0.2) is 0 Å². The summed E-state index contributed by atoms with van der Waals surface area (Å²) in [6, 6.07) is 16.3. The molecule has 1 saturated carbocycles. The second-order valence-corrected chi connectivity index (χ2v) is 8.28. The van der Waals surface area contributed by atoms with Gasteiger partial charge in [0.05, 0.1) is 0 Å². The highest BCUT2D eigenvalue weighted by Gasteiger charge is 2.19. The summed E-state index contributed by atoms with van der Waals surface area (Å²) in [6.45, 7) is 6.63. The van der Waals surface area contributed by atoms with Crippen molar-refractivity contribution < 1.29 is 4.57 Å². The standard InChI is InChI=1S/C25H30N/c1-17-13-18(2)19(3)23(14-17)25-12-10-22-16-21(9-11-24(22)26(25)4)15-20-7-5-6-8-20/h9-14,16,20H,5-8,15H2,1-4H3/q+1. The van der Waals surface area contributed by atoms with E-state index in [0.717, 1.165) is 5.92 Å². The Morgan fingerprint density at radius 3 is 2.46 bits per heavy atom. The Bertz CT molecular complexity index is 962. The van der Waals surface area contributed by atoms with E-state index in [2.05, 4.69) is 74.9 Å². The molecule has 0 saturated heterocycles. The van der Waals surface area contributed by atoms with E-state index in [9.17, 15) is 0 Å². The Balaban J connectivity index is 1.76. The minimum Gasteiger partial charge on any atom is -0.194 e. The van der Waals surface area contributed by atoms with Gasteiger partial charge in [-0.3, -0.25) is 0 Å². The van der Waals surface area contributed by atoms with Gasteiger partial charge in [0.15, 0.2) is 0 Å². The summed E-state index contributed by atoms with van der Waals surface area (Å²) >= 11 is 0. The minimum atomic E-state index is 0.901. The largest absolute Gasteiger partial charge is 0.213 e. The summed E-state index contributed by atoms with van der Waals surface area (Å²) < 4.78 is 2.36. The van der Waals surface area contributed by atoms with Crippen LogP contribution in [0, 0.1) is 26.7 Å². The van der Waals surface area contributed by atoms with Crippen molar-refractivity contribution in [1.82, 2.24) is 0 Å². The van der Waals surface area contributed by atoms with Gasteiger partial charge in [0, 0.05) is 23.1 Å². The second-order valence-electron chi connectivity index (χ2n) is 8.28. The SMILES string of the molecule is Cc1cc(C)c(C)c(-c2ccc3cc(CC4CCCC4)ccc3[n+]2C)c1. The van der Waals surface area contributed by atoms with Crippen molar-refractivity contribution in [1.29, 1.82) is 0 Å². The lowest BCUT2D eigenvalue weighted by molar-refractivity contribution is -0.633. The van der Waals surface area contributed by atoms with E-state index in [1.54, 1.807) is 0 Å². The van der Waals surface area contributed by atoms with Gasteiger partial charge in [0.25, 0.3) is 0 Å². The van der Waals surface area contributed by atoms with Crippen LogP contribution in [0.25, 0.3) is 22.2 Å². The lowest BCUT2D eigenvalue weighted by atomic mass is 9.95. The lowest BCUT2D eigenvalue weighted by Crippen LogP contribution is -2.32. The summed E-state index contributed by atoms with van der Waals surface area (Å²) in [6.07, 6.45) is 6.92. The topological polar surface area (TPSA) is 3.88 Å². The van der Waals surface area contributed by atoms with Crippen LogP contribution in [-0.4, -0.2) is 0 Å². The molecule has 0 N–H and O–H groups in total. The van der Waals surface area contributed by atoms with Crippen LogP contribution in [0.4, 0.5) is 0 Å². The van der Waals surface area contributed by atoms with E-state index in [1.807, 2.05) is 0 Å². The maximum atomic E-state index is 2.41. The molecule has 1 aliphatic rings. The van der Waals surface area contributed by atoms with Gasteiger partial charge in [0.1, 0.15) is 7.05 Å². The molecule has 0 amide bonds. The maximum absolute atomic E-state index is 2.41. The summed E-state index contributed by atoms with van der Waals surface area (Å²) in [7, 11) is 2.20. The van der Waals surface area contributed by atoms with Gasteiger partial charge in [-0.15, -0.1) is 0 Å². The number of nitrogens with zero attached hydrogens (tertiary/aromatic N) is 1. The van der Waals surface area contributed by atoms with E-state index in [1.165, 1.54) is 76.5 Å². The van der Waals surface area contributed by atoms with E-state index in [0.29, 0.717) is 0 Å². The molecule has 0 aliphatic heterocycles. The van der Waals surface area contributed by atoms with E-state index >= 15 is 0 Å². The number of pyridine rings is 1. The molecular weight excluding hydrogens is 314 g/mol. The molecule has 26 heavy (non-hydrogen) atoms. The Hall–Kier alpha value is -2.15. The molecule has 1 nitrogen and oxygen atoms in total. The Kier molecular flexibility index (Phi) is 4.56. The first kappa shape index (κ1) is 17.3. The molecule has 134 valence electrons. The fourth-order valence-corrected chi connectivity index (χ4v) is 4.70. The van der Waals surface area contributed by atoms with Crippen LogP contribution < -0.4 is 4.57 Å². The second kappa shape index (κ2) is 6.87. The molecule has 0 unspecified atom stereocenters. The Labute approximate surface area is 157 Å². The first-order valence-corrected chi connectivity index (χ1v) is 10.0. The monoisotopic (exact) mass is 344 g/mol. The number of hydrogen-bond acceptors (Lipinski definition) is 0. The number of aryl methyl sites for hydroxylation is 3. The van der Waals surface area contributed by atoms with Crippen LogP contribution in [0.2, 0.25) is 0 Å². The average Bonchev–Trinajstić information content (AvgIpc) is 3.12. The number of hydrogen-bond donors (Lipinski definition) is 0. The zero-order valence-corrected chi connectivity index (χ0v) is 16.6. The maximum Gasteiger partial charge on any atom is 0.213 e. The number of aromatic nitrogens is 1. The van der Waals surface area contributed by atoms with Crippen LogP contribution in [0.5, 0.6) is 0 Å². The zero-order chi connectivity index (χ0) is 18.3. The first-order chi connectivity index (χ1) is 12.5. The van der Waals surface area contributed by atoms with Crippen molar-refractivity contribution in [3.05, 3.63) is 64.7 Å². The van der Waals surface area contributed by atoms with E-state index < -0.39 is 0 Å². The lowest BCUT2D eigenvalue weighted by Gasteiger charge is -2.12. The van der Waals surface area contributed by atoms with Crippen molar-refractivity contribution >= 4 is 10.9 Å². The number of rotatable bonds is 3. The molecule has 1 heterocycles. The van der Waals surface area contributed by atoms with Gasteiger partial charge in [-0.1, -0.05) is 43.4 Å². The first-order valence-electron chi connectivity index (χ1n) is 10.0. The molecule has 1 heteroatoms. The summed E-state index contributed by atoms with van der Waals surface area (Å²) in [5.41, 5.74) is 9.54. The predicted octanol–water partition coefficient (Wildman–Crippen LogP) is 5.99. The number of fused-ring (bicyclic) bond motifs is 1. The highest BCUT2D eigenvalue weighted by atomic mass is 14.9. The van der Waals surface area contributed by atoms with E-state index in [4.69, 9.17) is 0 Å². The third-order valence-corrected chi connectivity index (χ3v) is 6.32. The van der Waals surface area contributed by atoms with Crippen LogP contribution >= 0.6 is 0 Å². The molecule has 1 aliphatic carbocycles. The van der Waals surface area contributed by atoms with Crippen molar-refractivity contribution in [2.75, 3.05) is 0 Å². The van der Waals surface area contributed by atoms with Crippen molar-refractivity contribution in [3.63, 3.8) is 0 Å². The molecule has 3 aromatic rings. The van der Waals surface area contributed by atoms with Gasteiger partial charge in [-0.05, 0) is 68.0 Å². The quantitative estimate of drug-likeness (QED) is 0.514. The molecule has 1 aromatic heterocycles. The van der Waals surface area contributed by atoms with Crippen molar-refractivity contribution in [2.45, 2.75) is 52.9 Å². The summed E-state index contributed by atoms with van der Waals surface area (Å²) in [4.78, 5) is 0. The molecule has 4 rings (SSSR count). The minimum absolute atomic E-state index is 0.901. The normalized spacial score (nSPS) is 15.1. The van der Waals surface area contributed by atoms with Gasteiger partial charge >= 0.3 is 0 Å². The van der Waals surface area contributed by atoms with Crippen molar-refractivity contribution in [2.24, 2.45) is 13.0 Å². The van der Waals surface area contributed by atoms with Gasteiger partial charge in [-0.2, -0.15) is 4.57 Å². The molecule has 0 atom stereocenters. The van der Waals surface area contributed by atoms with E-state index in [-0.39, 0.29) is 0 Å². The predicted molar refractivity (Wildman–Crippen MR) is 110 cm³/mol. The molecule has 0 radical (unpaired) electrons. The third kappa shape index (κ3) is 3.16. The third-order valence-electron chi connectivity index (χ3n) is 6.32. The Morgan fingerprint density at radius 1 is 0.923 bits per heavy atom. The average molecular weight is 345 g/mol.